The summed E-state index contributed by atoms with van der Waals surface area (Å²) < 4.78 is 6.99. The number of nitrogens with zero attached hydrogens (tertiary/aromatic N) is 1. The molecular weight excluding hydrogens is 328 g/mol. The normalized spacial score (nSPS) is 22.9. The second kappa shape index (κ2) is 7.61. The predicted molar refractivity (Wildman–Crippen MR) is 92.9 cm³/mol. The molecule has 118 valence electrons. The van der Waals surface area contributed by atoms with Crippen molar-refractivity contribution in [3.05, 3.63) is 28.2 Å². The van der Waals surface area contributed by atoms with Crippen molar-refractivity contribution in [3.8, 4) is 0 Å². The highest BCUT2D eigenvalue weighted by atomic mass is 79.9. The van der Waals surface area contributed by atoms with Crippen molar-refractivity contribution in [1.82, 2.24) is 5.32 Å². The van der Waals surface area contributed by atoms with E-state index in [0.717, 1.165) is 30.7 Å². The molecule has 0 radical (unpaired) electrons. The Labute approximate surface area is 137 Å². The maximum Gasteiger partial charge on any atom is 0.0726 e. The summed E-state index contributed by atoms with van der Waals surface area (Å²) in [5, 5.41) is 3.55. The fourth-order valence-electron chi connectivity index (χ4n) is 2.85. The van der Waals surface area contributed by atoms with Crippen LogP contribution in [0.1, 0.15) is 33.3 Å². The van der Waals surface area contributed by atoms with Crippen LogP contribution in [0.15, 0.2) is 22.7 Å². The molecule has 21 heavy (non-hydrogen) atoms. The zero-order valence-corrected chi connectivity index (χ0v) is 15.1. The van der Waals surface area contributed by atoms with Crippen molar-refractivity contribution in [2.24, 2.45) is 5.92 Å². The maximum absolute atomic E-state index is 5.85. The molecule has 0 spiro atoms. The molecule has 1 saturated heterocycles. The molecule has 2 rings (SSSR count). The van der Waals surface area contributed by atoms with Gasteiger partial charge in [0.15, 0.2) is 0 Å². The summed E-state index contributed by atoms with van der Waals surface area (Å²) in [7, 11) is 0. The van der Waals surface area contributed by atoms with E-state index in [4.69, 9.17) is 4.74 Å². The fraction of sp³-hybridized carbons (Fsp3) is 0.647. The van der Waals surface area contributed by atoms with Gasteiger partial charge in [0, 0.05) is 29.8 Å². The van der Waals surface area contributed by atoms with Gasteiger partial charge in [0.25, 0.3) is 0 Å². The SMILES string of the molecule is CC(C)CNCc1ccc(Br)cc1N1CC(C)OC(C)C1. The van der Waals surface area contributed by atoms with Gasteiger partial charge >= 0.3 is 0 Å². The van der Waals surface area contributed by atoms with Gasteiger partial charge < -0.3 is 15.0 Å². The molecule has 1 aliphatic heterocycles. The second-order valence-electron chi connectivity index (χ2n) is 6.46. The van der Waals surface area contributed by atoms with E-state index in [2.05, 4.69) is 72.0 Å². The standard InChI is InChI=1S/C17H27BrN2O/c1-12(2)8-19-9-15-5-6-16(18)7-17(15)20-10-13(3)21-14(4)11-20/h5-7,12-14,19H,8-11H2,1-4H3. The number of halogens is 1. The number of nitrogens with one attached hydrogen (secondary N) is 1. The Morgan fingerprint density at radius 1 is 1.29 bits per heavy atom. The van der Waals surface area contributed by atoms with Crippen molar-refractivity contribution in [2.45, 2.75) is 46.4 Å². The van der Waals surface area contributed by atoms with Crippen LogP contribution >= 0.6 is 15.9 Å². The molecule has 0 amide bonds. The van der Waals surface area contributed by atoms with Crippen LogP contribution in [0, 0.1) is 5.92 Å². The Morgan fingerprint density at radius 2 is 1.95 bits per heavy atom. The number of rotatable bonds is 5. The van der Waals surface area contributed by atoms with Crippen molar-refractivity contribution in [3.63, 3.8) is 0 Å². The summed E-state index contributed by atoms with van der Waals surface area (Å²) in [6.45, 7) is 12.7. The summed E-state index contributed by atoms with van der Waals surface area (Å²) in [5.41, 5.74) is 2.68. The van der Waals surface area contributed by atoms with Gasteiger partial charge in [-0.1, -0.05) is 35.8 Å². The lowest BCUT2D eigenvalue weighted by atomic mass is 10.1. The van der Waals surface area contributed by atoms with E-state index in [-0.39, 0.29) is 12.2 Å². The first-order valence-corrected chi connectivity index (χ1v) is 8.64. The zero-order valence-electron chi connectivity index (χ0n) is 13.5. The number of ether oxygens (including phenoxy) is 1. The van der Waals surface area contributed by atoms with Gasteiger partial charge in [-0.3, -0.25) is 0 Å². The van der Waals surface area contributed by atoms with Crippen molar-refractivity contribution < 1.29 is 4.74 Å². The van der Waals surface area contributed by atoms with E-state index in [0.29, 0.717) is 5.92 Å². The molecule has 0 aliphatic carbocycles. The Morgan fingerprint density at radius 3 is 2.57 bits per heavy atom. The molecule has 2 atom stereocenters. The third-order valence-corrected chi connectivity index (χ3v) is 4.17. The van der Waals surface area contributed by atoms with E-state index in [9.17, 15) is 0 Å². The van der Waals surface area contributed by atoms with Crippen LogP contribution in [0.2, 0.25) is 0 Å². The van der Waals surface area contributed by atoms with Crippen molar-refractivity contribution in [2.75, 3.05) is 24.5 Å². The maximum atomic E-state index is 5.85. The molecule has 4 heteroatoms. The predicted octanol–water partition coefficient (Wildman–Crippen LogP) is 3.81. The molecule has 1 N–H and O–H groups in total. The van der Waals surface area contributed by atoms with Gasteiger partial charge in [0.05, 0.1) is 12.2 Å². The summed E-state index contributed by atoms with van der Waals surface area (Å²) in [6, 6.07) is 6.58. The Bertz CT molecular complexity index is 454. The summed E-state index contributed by atoms with van der Waals surface area (Å²) >= 11 is 3.61. The first kappa shape index (κ1) is 16.8. The van der Waals surface area contributed by atoms with Gasteiger partial charge in [-0.2, -0.15) is 0 Å². The van der Waals surface area contributed by atoms with E-state index in [1.54, 1.807) is 0 Å². The minimum absolute atomic E-state index is 0.282. The molecular formula is C17H27BrN2O. The van der Waals surface area contributed by atoms with Crippen LogP contribution in [0.5, 0.6) is 0 Å². The average molecular weight is 355 g/mol. The first-order chi connectivity index (χ1) is 9.95. The van der Waals surface area contributed by atoms with Crippen molar-refractivity contribution in [1.29, 1.82) is 0 Å². The minimum atomic E-state index is 0.282. The third-order valence-electron chi connectivity index (χ3n) is 3.68. The fourth-order valence-corrected chi connectivity index (χ4v) is 3.20. The van der Waals surface area contributed by atoms with Crippen LogP contribution in [0.3, 0.4) is 0 Å². The molecule has 2 unspecified atom stereocenters. The van der Waals surface area contributed by atoms with Crippen LogP contribution in [-0.4, -0.2) is 31.8 Å². The molecule has 1 aromatic carbocycles. The van der Waals surface area contributed by atoms with E-state index in [1.165, 1.54) is 11.3 Å². The number of morpholine rings is 1. The van der Waals surface area contributed by atoms with Gasteiger partial charge in [-0.15, -0.1) is 0 Å². The van der Waals surface area contributed by atoms with Crippen LogP contribution in [0.25, 0.3) is 0 Å². The number of benzene rings is 1. The monoisotopic (exact) mass is 354 g/mol. The lowest BCUT2D eigenvalue weighted by Gasteiger charge is -2.38. The lowest BCUT2D eigenvalue weighted by molar-refractivity contribution is -0.00526. The number of hydrogen-bond acceptors (Lipinski definition) is 3. The van der Waals surface area contributed by atoms with E-state index in [1.807, 2.05) is 0 Å². The average Bonchev–Trinajstić information content (AvgIpc) is 2.39. The van der Waals surface area contributed by atoms with E-state index >= 15 is 0 Å². The largest absolute Gasteiger partial charge is 0.372 e. The smallest absolute Gasteiger partial charge is 0.0726 e. The Kier molecular flexibility index (Phi) is 6.08. The first-order valence-electron chi connectivity index (χ1n) is 7.85. The molecule has 1 fully saturated rings. The molecule has 1 aromatic rings. The summed E-state index contributed by atoms with van der Waals surface area (Å²) in [6.07, 6.45) is 0.563. The molecule has 1 heterocycles. The van der Waals surface area contributed by atoms with Gasteiger partial charge in [-0.25, -0.2) is 0 Å². The lowest BCUT2D eigenvalue weighted by Crippen LogP contribution is -2.46. The minimum Gasteiger partial charge on any atom is -0.372 e. The Hall–Kier alpha value is -0.580. The quantitative estimate of drug-likeness (QED) is 0.869. The topological polar surface area (TPSA) is 24.5 Å². The zero-order chi connectivity index (χ0) is 15.4. The van der Waals surface area contributed by atoms with Gasteiger partial charge in [-0.05, 0) is 44.0 Å². The third kappa shape index (κ3) is 4.97. The second-order valence-corrected chi connectivity index (χ2v) is 7.38. The highest BCUT2D eigenvalue weighted by Crippen LogP contribution is 2.28. The van der Waals surface area contributed by atoms with E-state index < -0.39 is 0 Å². The number of anilines is 1. The molecule has 1 aliphatic rings. The van der Waals surface area contributed by atoms with Crippen LogP contribution in [-0.2, 0) is 11.3 Å². The van der Waals surface area contributed by atoms with Gasteiger partial charge in [0.2, 0.25) is 0 Å². The van der Waals surface area contributed by atoms with Crippen LogP contribution < -0.4 is 10.2 Å². The summed E-state index contributed by atoms with van der Waals surface area (Å²) in [4.78, 5) is 2.45. The van der Waals surface area contributed by atoms with Gasteiger partial charge in [0.1, 0.15) is 0 Å². The molecule has 0 bridgehead atoms. The molecule has 0 saturated carbocycles. The van der Waals surface area contributed by atoms with Crippen molar-refractivity contribution >= 4 is 21.6 Å². The number of hydrogen-bond donors (Lipinski definition) is 1. The highest BCUT2D eigenvalue weighted by molar-refractivity contribution is 9.10. The Balaban J connectivity index is 2.14. The highest BCUT2D eigenvalue weighted by Gasteiger charge is 2.24. The summed E-state index contributed by atoms with van der Waals surface area (Å²) in [5.74, 6) is 0.673. The molecule has 0 aromatic heterocycles. The molecule has 3 nitrogen and oxygen atoms in total. The van der Waals surface area contributed by atoms with Crippen LogP contribution in [0.4, 0.5) is 5.69 Å².